The van der Waals surface area contributed by atoms with E-state index in [1.54, 1.807) is 0 Å². The molecule has 0 bridgehead atoms. The number of rotatable bonds is 9. The Labute approximate surface area is 123 Å². The summed E-state index contributed by atoms with van der Waals surface area (Å²) >= 11 is 0. The minimum absolute atomic E-state index is 0.214. The van der Waals surface area contributed by atoms with Crippen molar-refractivity contribution in [1.29, 1.82) is 0 Å². The molecule has 0 saturated heterocycles. The second-order valence-corrected chi connectivity index (χ2v) is 5.84. The first-order valence-electron chi connectivity index (χ1n) is 7.30. The maximum atomic E-state index is 10.2. The molecular formula is C16H29N3O. The Bertz CT molecular complexity index is 356. The van der Waals surface area contributed by atoms with Crippen LogP contribution in [0.1, 0.15) is 12.0 Å². The zero-order valence-corrected chi connectivity index (χ0v) is 13.0. The van der Waals surface area contributed by atoms with Crippen LogP contribution in [0.25, 0.3) is 0 Å². The Morgan fingerprint density at radius 1 is 1.10 bits per heavy atom. The zero-order chi connectivity index (χ0) is 15.0. The monoisotopic (exact) mass is 279 g/mol. The number of nitrogens with zero attached hydrogens (tertiary/aromatic N) is 2. The largest absolute Gasteiger partial charge is 0.390 e. The average Bonchev–Trinajstić information content (AvgIpc) is 2.39. The van der Waals surface area contributed by atoms with Crippen LogP contribution in [-0.2, 0) is 6.42 Å². The van der Waals surface area contributed by atoms with Crippen LogP contribution in [0.5, 0.6) is 0 Å². The highest BCUT2D eigenvalue weighted by molar-refractivity contribution is 5.16. The van der Waals surface area contributed by atoms with Gasteiger partial charge in [-0.15, -0.1) is 0 Å². The molecule has 4 nitrogen and oxygen atoms in total. The first-order valence-corrected chi connectivity index (χ1v) is 7.30. The smallest absolute Gasteiger partial charge is 0.0820 e. The summed E-state index contributed by atoms with van der Waals surface area (Å²) in [6.07, 6.45) is 1.33. The van der Waals surface area contributed by atoms with E-state index in [2.05, 4.69) is 23.9 Å². The summed E-state index contributed by atoms with van der Waals surface area (Å²) in [6.45, 7) is 2.67. The highest BCUT2D eigenvalue weighted by Gasteiger charge is 2.17. The summed E-state index contributed by atoms with van der Waals surface area (Å²) in [6, 6.07) is 9.88. The summed E-state index contributed by atoms with van der Waals surface area (Å²) in [5.41, 5.74) is 7.26. The van der Waals surface area contributed by atoms with Gasteiger partial charge in [-0.1, -0.05) is 30.3 Å². The van der Waals surface area contributed by atoms with E-state index in [0.29, 0.717) is 13.0 Å². The summed E-state index contributed by atoms with van der Waals surface area (Å²) in [4.78, 5) is 4.32. The summed E-state index contributed by atoms with van der Waals surface area (Å²) in [7, 11) is 6.18. The molecular weight excluding hydrogens is 250 g/mol. The molecule has 0 spiro atoms. The van der Waals surface area contributed by atoms with Gasteiger partial charge in [-0.2, -0.15) is 0 Å². The van der Waals surface area contributed by atoms with Crippen LogP contribution in [0.15, 0.2) is 30.3 Å². The van der Waals surface area contributed by atoms with Crippen molar-refractivity contribution in [2.75, 3.05) is 40.8 Å². The van der Waals surface area contributed by atoms with E-state index < -0.39 is 6.10 Å². The standard InChI is InChI=1S/C16H29N3O/c1-18(2)10-7-11-19(3)13-16(20)15(17)12-14-8-5-4-6-9-14/h4-6,8-9,15-16,20H,7,10-13,17H2,1-3H3. The van der Waals surface area contributed by atoms with Gasteiger partial charge in [0, 0.05) is 12.6 Å². The molecule has 0 heterocycles. The number of likely N-dealkylation sites (N-methyl/N-ethyl adjacent to an activating group) is 1. The van der Waals surface area contributed by atoms with E-state index in [-0.39, 0.29) is 6.04 Å². The van der Waals surface area contributed by atoms with Gasteiger partial charge in [0.1, 0.15) is 0 Å². The molecule has 1 aromatic rings. The van der Waals surface area contributed by atoms with Gasteiger partial charge in [-0.25, -0.2) is 0 Å². The lowest BCUT2D eigenvalue weighted by molar-refractivity contribution is 0.100. The van der Waals surface area contributed by atoms with Crippen LogP contribution in [0.2, 0.25) is 0 Å². The highest BCUT2D eigenvalue weighted by atomic mass is 16.3. The third kappa shape index (κ3) is 7.01. The maximum Gasteiger partial charge on any atom is 0.0820 e. The summed E-state index contributed by atoms with van der Waals surface area (Å²) in [5, 5.41) is 10.2. The molecule has 4 heteroatoms. The number of aliphatic hydroxyl groups excluding tert-OH is 1. The normalized spacial score (nSPS) is 14.8. The topological polar surface area (TPSA) is 52.7 Å². The van der Waals surface area contributed by atoms with Gasteiger partial charge in [-0.05, 0) is 52.6 Å². The van der Waals surface area contributed by atoms with Gasteiger partial charge in [0.25, 0.3) is 0 Å². The second kappa shape index (κ2) is 9.08. The van der Waals surface area contributed by atoms with Gasteiger partial charge < -0.3 is 20.6 Å². The van der Waals surface area contributed by atoms with Gasteiger partial charge in [0.2, 0.25) is 0 Å². The van der Waals surface area contributed by atoms with Gasteiger partial charge >= 0.3 is 0 Å². The molecule has 1 aromatic carbocycles. The molecule has 0 aliphatic carbocycles. The predicted molar refractivity (Wildman–Crippen MR) is 84.8 cm³/mol. The number of hydrogen-bond acceptors (Lipinski definition) is 4. The summed E-state index contributed by atoms with van der Waals surface area (Å²) < 4.78 is 0. The third-order valence-corrected chi connectivity index (χ3v) is 3.45. The van der Waals surface area contributed by atoms with Crippen molar-refractivity contribution < 1.29 is 5.11 Å². The molecule has 3 N–H and O–H groups in total. The van der Waals surface area contributed by atoms with Crippen molar-refractivity contribution in [3.63, 3.8) is 0 Å². The van der Waals surface area contributed by atoms with E-state index in [9.17, 15) is 5.11 Å². The number of aliphatic hydroxyl groups is 1. The van der Waals surface area contributed by atoms with Gasteiger partial charge in [0.15, 0.2) is 0 Å². The zero-order valence-electron chi connectivity index (χ0n) is 13.0. The fraction of sp³-hybridized carbons (Fsp3) is 0.625. The molecule has 0 amide bonds. The van der Waals surface area contributed by atoms with E-state index >= 15 is 0 Å². The molecule has 2 atom stereocenters. The Kier molecular flexibility index (Phi) is 7.77. The van der Waals surface area contributed by atoms with Crippen LogP contribution in [0, 0.1) is 0 Å². The molecule has 0 radical (unpaired) electrons. The Hall–Kier alpha value is -0.940. The van der Waals surface area contributed by atoms with Crippen LogP contribution in [0.4, 0.5) is 0 Å². The fourth-order valence-corrected chi connectivity index (χ4v) is 2.23. The van der Waals surface area contributed by atoms with Crippen LogP contribution < -0.4 is 5.73 Å². The molecule has 0 aliphatic rings. The van der Waals surface area contributed by atoms with Crippen molar-refractivity contribution in [2.24, 2.45) is 5.73 Å². The van der Waals surface area contributed by atoms with Crippen molar-refractivity contribution >= 4 is 0 Å². The number of benzene rings is 1. The molecule has 0 fully saturated rings. The lowest BCUT2D eigenvalue weighted by Crippen LogP contribution is -2.44. The highest BCUT2D eigenvalue weighted by Crippen LogP contribution is 2.05. The first-order chi connectivity index (χ1) is 9.49. The molecule has 2 unspecified atom stereocenters. The lowest BCUT2D eigenvalue weighted by Gasteiger charge is -2.25. The SMILES string of the molecule is CN(C)CCCN(C)CC(O)C(N)Cc1ccccc1. The Morgan fingerprint density at radius 3 is 2.35 bits per heavy atom. The molecule has 0 aliphatic heterocycles. The third-order valence-electron chi connectivity index (χ3n) is 3.45. The van der Waals surface area contributed by atoms with E-state index in [1.165, 1.54) is 5.56 Å². The van der Waals surface area contributed by atoms with Crippen molar-refractivity contribution in [3.05, 3.63) is 35.9 Å². The van der Waals surface area contributed by atoms with Gasteiger partial charge in [0.05, 0.1) is 6.10 Å². The van der Waals surface area contributed by atoms with Crippen LogP contribution >= 0.6 is 0 Å². The molecule has 114 valence electrons. The van der Waals surface area contributed by atoms with E-state index in [4.69, 9.17) is 5.73 Å². The minimum atomic E-state index is -0.487. The maximum absolute atomic E-state index is 10.2. The van der Waals surface area contributed by atoms with E-state index in [0.717, 1.165) is 19.5 Å². The van der Waals surface area contributed by atoms with Gasteiger partial charge in [-0.3, -0.25) is 0 Å². The first kappa shape index (κ1) is 17.1. The lowest BCUT2D eigenvalue weighted by atomic mass is 10.0. The molecule has 0 saturated carbocycles. The summed E-state index contributed by atoms with van der Waals surface area (Å²) in [5.74, 6) is 0. The quantitative estimate of drug-likeness (QED) is 0.702. The van der Waals surface area contributed by atoms with Crippen LogP contribution in [0.3, 0.4) is 0 Å². The molecule has 20 heavy (non-hydrogen) atoms. The average molecular weight is 279 g/mol. The van der Waals surface area contributed by atoms with Crippen LogP contribution in [-0.4, -0.2) is 67.8 Å². The number of nitrogens with two attached hydrogens (primary N) is 1. The van der Waals surface area contributed by atoms with Crippen molar-refractivity contribution in [2.45, 2.75) is 25.0 Å². The molecule has 0 aromatic heterocycles. The second-order valence-electron chi connectivity index (χ2n) is 5.84. The van der Waals surface area contributed by atoms with Crippen molar-refractivity contribution in [3.8, 4) is 0 Å². The Morgan fingerprint density at radius 2 is 1.75 bits per heavy atom. The number of hydrogen-bond donors (Lipinski definition) is 2. The fourth-order valence-electron chi connectivity index (χ4n) is 2.23. The molecule has 1 rings (SSSR count). The predicted octanol–water partition coefficient (Wildman–Crippen LogP) is 0.801. The van der Waals surface area contributed by atoms with Crippen molar-refractivity contribution in [1.82, 2.24) is 9.80 Å². The minimum Gasteiger partial charge on any atom is -0.390 e. The van der Waals surface area contributed by atoms with E-state index in [1.807, 2.05) is 37.4 Å². The Balaban J connectivity index is 2.28.